The zero-order valence-corrected chi connectivity index (χ0v) is 16.3. The van der Waals surface area contributed by atoms with Crippen molar-refractivity contribution < 1.29 is 9.32 Å². The number of carbonyl (C=O) groups excluding carboxylic acids is 1. The van der Waals surface area contributed by atoms with Gasteiger partial charge >= 0.3 is 0 Å². The van der Waals surface area contributed by atoms with E-state index in [0.29, 0.717) is 30.5 Å². The number of carbonyl (C=O) groups is 1. The van der Waals surface area contributed by atoms with E-state index in [2.05, 4.69) is 59.8 Å². The van der Waals surface area contributed by atoms with Crippen molar-refractivity contribution >= 4 is 5.91 Å². The third-order valence-electron chi connectivity index (χ3n) is 5.03. The van der Waals surface area contributed by atoms with Crippen LogP contribution in [0.2, 0.25) is 0 Å². The van der Waals surface area contributed by atoms with Gasteiger partial charge in [-0.05, 0) is 37.1 Å². The van der Waals surface area contributed by atoms with Crippen LogP contribution in [-0.4, -0.2) is 49.2 Å². The highest BCUT2D eigenvalue weighted by molar-refractivity contribution is 5.76. The molecule has 0 atom stereocenters. The van der Waals surface area contributed by atoms with Gasteiger partial charge < -0.3 is 9.84 Å². The van der Waals surface area contributed by atoms with Gasteiger partial charge in [-0.15, -0.1) is 0 Å². The van der Waals surface area contributed by atoms with E-state index in [-0.39, 0.29) is 12.3 Å². The van der Waals surface area contributed by atoms with Gasteiger partial charge in [-0.2, -0.15) is 10.1 Å². The lowest BCUT2D eigenvalue weighted by atomic mass is 10.1. The maximum atomic E-state index is 12.1. The summed E-state index contributed by atoms with van der Waals surface area (Å²) >= 11 is 0. The lowest BCUT2D eigenvalue weighted by molar-refractivity contribution is -0.121. The van der Waals surface area contributed by atoms with Crippen molar-refractivity contribution in [3.8, 4) is 11.6 Å². The number of nitrogens with zero attached hydrogens (tertiary/aromatic N) is 5. The number of piperidine rings is 1. The first-order valence-electron chi connectivity index (χ1n) is 10.0. The molecule has 2 aromatic heterocycles. The molecule has 29 heavy (non-hydrogen) atoms. The third-order valence-corrected chi connectivity index (χ3v) is 5.03. The molecular formula is C20H25N7O2. The number of aromatic amines is 1. The number of likely N-dealkylation sites (tertiary alicyclic amines) is 1. The Hall–Kier alpha value is -3.07. The summed E-state index contributed by atoms with van der Waals surface area (Å²) in [7, 11) is 0. The van der Waals surface area contributed by atoms with Gasteiger partial charge in [0.05, 0.1) is 0 Å². The molecule has 9 nitrogen and oxygen atoms in total. The molecule has 1 amide bonds. The quantitative estimate of drug-likeness (QED) is 0.600. The molecule has 1 saturated heterocycles. The Morgan fingerprint density at radius 3 is 2.69 bits per heavy atom. The molecular weight excluding hydrogens is 370 g/mol. The van der Waals surface area contributed by atoms with Crippen LogP contribution in [0.5, 0.6) is 0 Å². The average Bonchev–Trinajstić information content (AvgIpc) is 3.44. The summed E-state index contributed by atoms with van der Waals surface area (Å²) in [6, 6.07) is 8.47. The predicted octanol–water partition coefficient (Wildman–Crippen LogP) is 2.09. The molecule has 0 radical (unpaired) electrons. The first kappa shape index (κ1) is 19.3. The normalized spacial score (nSPS) is 14.8. The molecule has 4 rings (SSSR count). The smallest absolute Gasteiger partial charge is 0.239 e. The molecule has 1 aliphatic heterocycles. The second-order valence-electron chi connectivity index (χ2n) is 7.28. The van der Waals surface area contributed by atoms with E-state index in [9.17, 15) is 4.79 Å². The van der Waals surface area contributed by atoms with E-state index in [1.807, 2.05) is 0 Å². The highest BCUT2D eigenvalue weighted by Crippen LogP contribution is 2.14. The largest absolute Gasteiger partial charge is 0.352 e. The topological polar surface area (TPSA) is 113 Å². The highest BCUT2D eigenvalue weighted by Gasteiger charge is 2.13. The van der Waals surface area contributed by atoms with Crippen LogP contribution in [0, 0.1) is 0 Å². The number of hydrogen-bond acceptors (Lipinski definition) is 7. The van der Waals surface area contributed by atoms with Crippen molar-refractivity contribution in [3.63, 3.8) is 0 Å². The van der Waals surface area contributed by atoms with Gasteiger partial charge in [0.15, 0.2) is 5.82 Å². The molecule has 152 valence electrons. The molecule has 0 bridgehead atoms. The second kappa shape index (κ2) is 9.42. The van der Waals surface area contributed by atoms with Gasteiger partial charge in [0.1, 0.15) is 6.33 Å². The van der Waals surface area contributed by atoms with Crippen molar-refractivity contribution in [2.75, 3.05) is 13.1 Å². The van der Waals surface area contributed by atoms with E-state index < -0.39 is 0 Å². The van der Waals surface area contributed by atoms with Crippen LogP contribution >= 0.6 is 0 Å². The predicted molar refractivity (Wildman–Crippen MR) is 105 cm³/mol. The molecule has 3 aromatic rings. The number of nitrogens with one attached hydrogen (secondary N) is 2. The molecule has 1 aliphatic rings. The molecule has 0 unspecified atom stereocenters. The Kier molecular flexibility index (Phi) is 6.25. The molecule has 0 saturated carbocycles. The van der Waals surface area contributed by atoms with E-state index >= 15 is 0 Å². The fraction of sp³-hybridized carbons (Fsp3) is 0.450. The number of benzene rings is 1. The summed E-state index contributed by atoms with van der Waals surface area (Å²) in [5.41, 5.74) is 2.41. The molecule has 3 heterocycles. The zero-order valence-electron chi connectivity index (χ0n) is 16.3. The fourth-order valence-electron chi connectivity index (χ4n) is 3.41. The SMILES string of the molecule is O=C(CCc1nc(-c2ncn[nH]2)no1)NCc1ccc(CN2CCCCC2)cc1. The van der Waals surface area contributed by atoms with Gasteiger partial charge in [0.25, 0.3) is 0 Å². The number of rotatable bonds is 8. The summed E-state index contributed by atoms with van der Waals surface area (Å²) < 4.78 is 5.14. The summed E-state index contributed by atoms with van der Waals surface area (Å²) in [4.78, 5) is 22.8. The summed E-state index contributed by atoms with van der Waals surface area (Å²) in [6.45, 7) is 3.90. The van der Waals surface area contributed by atoms with Crippen LogP contribution in [0.25, 0.3) is 11.6 Å². The minimum atomic E-state index is -0.0539. The molecule has 0 spiro atoms. The summed E-state index contributed by atoms with van der Waals surface area (Å²) in [5, 5.41) is 13.2. The Morgan fingerprint density at radius 2 is 1.93 bits per heavy atom. The Balaban J connectivity index is 1.19. The first-order valence-corrected chi connectivity index (χ1v) is 10.0. The van der Waals surface area contributed by atoms with Crippen LogP contribution < -0.4 is 5.32 Å². The fourth-order valence-corrected chi connectivity index (χ4v) is 3.41. The number of aryl methyl sites for hydroxylation is 1. The summed E-state index contributed by atoms with van der Waals surface area (Å²) in [5.74, 6) is 1.12. The van der Waals surface area contributed by atoms with Crippen LogP contribution in [0.4, 0.5) is 0 Å². The third kappa shape index (κ3) is 5.47. The molecule has 1 aromatic carbocycles. The van der Waals surface area contributed by atoms with Crippen LogP contribution in [0.15, 0.2) is 35.1 Å². The number of amides is 1. The summed E-state index contributed by atoms with van der Waals surface area (Å²) in [6.07, 6.45) is 5.99. The van der Waals surface area contributed by atoms with Gasteiger partial charge in [0.2, 0.25) is 17.6 Å². The van der Waals surface area contributed by atoms with Gasteiger partial charge in [-0.3, -0.25) is 14.8 Å². The minimum Gasteiger partial charge on any atom is -0.352 e. The zero-order chi connectivity index (χ0) is 19.9. The van der Waals surface area contributed by atoms with Gasteiger partial charge in [-0.25, -0.2) is 4.98 Å². The van der Waals surface area contributed by atoms with Gasteiger partial charge in [-0.1, -0.05) is 35.8 Å². The second-order valence-corrected chi connectivity index (χ2v) is 7.28. The van der Waals surface area contributed by atoms with Gasteiger partial charge in [0, 0.05) is 25.9 Å². The van der Waals surface area contributed by atoms with E-state index in [4.69, 9.17) is 4.52 Å². The Morgan fingerprint density at radius 1 is 1.14 bits per heavy atom. The van der Waals surface area contributed by atoms with Crippen molar-refractivity contribution in [1.29, 1.82) is 0 Å². The number of H-pyrrole nitrogens is 1. The standard InChI is InChI=1S/C20H25N7O2/c28-17(8-9-18-24-20(26-29-18)19-22-14-23-25-19)21-12-15-4-6-16(7-5-15)13-27-10-2-1-3-11-27/h4-7,14H,1-3,8-13H2,(H,21,28)(H,22,23,25). The molecule has 9 heteroatoms. The Labute approximate surface area is 168 Å². The van der Waals surface area contributed by atoms with E-state index in [0.717, 1.165) is 12.1 Å². The monoisotopic (exact) mass is 395 g/mol. The molecule has 1 fully saturated rings. The van der Waals surface area contributed by atoms with Crippen molar-refractivity contribution in [2.45, 2.75) is 45.2 Å². The lowest BCUT2D eigenvalue weighted by Gasteiger charge is -2.26. The van der Waals surface area contributed by atoms with Crippen LogP contribution in [0.3, 0.4) is 0 Å². The average molecular weight is 395 g/mol. The van der Waals surface area contributed by atoms with E-state index in [1.54, 1.807) is 0 Å². The molecule has 0 aliphatic carbocycles. The number of hydrogen-bond donors (Lipinski definition) is 2. The molecule has 2 N–H and O–H groups in total. The number of aromatic nitrogens is 5. The maximum Gasteiger partial charge on any atom is 0.239 e. The van der Waals surface area contributed by atoms with E-state index in [1.165, 1.54) is 44.2 Å². The van der Waals surface area contributed by atoms with Crippen molar-refractivity contribution in [3.05, 3.63) is 47.6 Å². The van der Waals surface area contributed by atoms with Crippen LogP contribution in [-0.2, 0) is 24.3 Å². The first-order chi connectivity index (χ1) is 14.3. The minimum absolute atomic E-state index is 0.0539. The lowest BCUT2D eigenvalue weighted by Crippen LogP contribution is -2.29. The highest BCUT2D eigenvalue weighted by atomic mass is 16.5. The Bertz CT molecular complexity index is 899. The van der Waals surface area contributed by atoms with Crippen LogP contribution in [0.1, 0.15) is 42.7 Å². The maximum absolute atomic E-state index is 12.1. The van der Waals surface area contributed by atoms with Crippen molar-refractivity contribution in [1.82, 2.24) is 35.5 Å². The van der Waals surface area contributed by atoms with Crippen molar-refractivity contribution in [2.24, 2.45) is 0 Å².